The predicted molar refractivity (Wildman–Crippen MR) is 118 cm³/mol. The van der Waals surface area contributed by atoms with Crippen LogP contribution in [0, 0.1) is 0 Å². The molecule has 1 unspecified atom stereocenters. The maximum Gasteiger partial charge on any atom is 0.238 e. The first kappa shape index (κ1) is 21.7. The number of thioether (sulfide) groups is 1. The number of aryl methyl sites for hydroxylation is 1. The molecule has 0 spiro atoms. The number of rotatable bonds is 9. The van der Waals surface area contributed by atoms with Gasteiger partial charge in [-0.2, -0.15) is 0 Å². The van der Waals surface area contributed by atoms with E-state index in [9.17, 15) is 9.59 Å². The molecule has 0 fully saturated rings. The number of anilines is 1. The molecule has 1 heterocycles. The van der Waals surface area contributed by atoms with Gasteiger partial charge in [-0.15, -0.1) is 11.8 Å². The van der Waals surface area contributed by atoms with E-state index >= 15 is 0 Å². The number of ether oxygens (including phenoxy) is 1. The second kappa shape index (κ2) is 10.7. The van der Waals surface area contributed by atoms with E-state index in [2.05, 4.69) is 17.4 Å². The molecule has 5 nitrogen and oxygen atoms in total. The maximum absolute atomic E-state index is 12.9. The Morgan fingerprint density at radius 2 is 2.00 bits per heavy atom. The Kier molecular flexibility index (Phi) is 7.98. The van der Waals surface area contributed by atoms with Gasteiger partial charge in [0.2, 0.25) is 11.8 Å². The summed E-state index contributed by atoms with van der Waals surface area (Å²) in [5.74, 6) is -0.186. The zero-order chi connectivity index (χ0) is 20.6. The van der Waals surface area contributed by atoms with Gasteiger partial charge in [0.25, 0.3) is 0 Å². The van der Waals surface area contributed by atoms with Crippen LogP contribution in [0.3, 0.4) is 0 Å². The second-order valence-electron chi connectivity index (χ2n) is 6.90. The lowest BCUT2D eigenvalue weighted by atomic mass is 10.1. The molecule has 1 atom stereocenters. The number of hydrogen-bond donors (Lipinski definition) is 1. The minimum absolute atomic E-state index is 0.0276. The molecule has 2 aromatic carbocycles. The number of hydrogen-bond acceptors (Lipinski definition) is 4. The zero-order valence-corrected chi connectivity index (χ0v) is 18.0. The Balaban J connectivity index is 1.58. The molecule has 2 amide bonds. The van der Waals surface area contributed by atoms with Gasteiger partial charge in [0, 0.05) is 36.5 Å². The summed E-state index contributed by atoms with van der Waals surface area (Å²) in [6, 6.07) is 15.6. The highest BCUT2D eigenvalue weighted by Crippen LogP contribution is 2.38. The molecule has 29 heavy (non-hydrogen) atoms. The fourth-order valence-corrected chi connectivity index (χ4v) is 4.48. The van der Waals surface area contributed by atoms with Gasteiger partial charge >= 0.3 is 0 Å². The summed E-state index contributed by atoms with van der Waals surface area (Å²) >= 11 is 7.41. The van der Waals surface area contributed by atoms with Crippen molar-refractivity contribution in [2.24, 2.45) is 0 Å². The standard InChI is InChI=1S/C22H25ClN2O3S/c1-28-13-12-25(11-5-8-16-6-3-2-4-7-16)21(26)15-20-22(27)24-18-14-17(23)9-10-19(18)29-20/h2-4,6-7,9-10,14,20H,5,8,11-13,15H2,1H3,(H,24,27). The maximum atomic E-state index is 12.9. The van der Waals surface area contributed by atoms with Gasteiger partial charge in [0.15, 0.2) is 0 Å². The van der Waals surface area contributed by atoms with E-state index in [0.717, 1.165) is 17.7 Å². The molecular formula is C22H25ClN2O3S. The number of carbonyl (C=O) groups is 2. The van der Waals surface area contributed by atoms with Crippen LogP contribution >= 0.6 is 23.4 Å². The van der Waals surface area contributed by atoms with Gasteiger partial charge in [0.1, 0.15) is 0 Å². The largest absolute Gasteiger partial charge is 0.383 e. The van der Waals surface area contributed by atoms with Crippen molar-refractivity contribution in [3.8, 4) is 0 Å². The summed E-state index contributed by atoms with van der Waals surface area (Å²) in [4.78, 5) is 28.1. The number of fused-ring (bicyclic) bond motifs is 1. The van der Waals surface area contributed by atoms with Crippen LogP contribution in [0.2, 0.25) is 5.02 Å². The van der Waals surface area contributed by atoms with Crippen molar-refractivity contribution in [2.75, 3.05) is 32.1 Å². The monoisotopic (exact) mass is 432 g/mol. The minimum Gasteiger partial charge on any atom is -0.383 e. The lowest BCUT2D eigenvalue weighted by molar-refractivity contribution is -0.133. The fourth-order valence-electron chi connectivity index (χ4n) is 3.23. The smallest absolute Gasteiger partial charge is 0.238 e. The molecule has 0 radical (unpaired) electrons. The quantitative estimate of drug-likeness (QED) is 0.643. The number of nitrogens with one attached hydrogen (secondary N) is 1. The highest BCUT2D eigenvalue weighted by molar-refractivity contribution is 8.01. The summed E-state index contributed by atoms with van der Waals surface area (Å²) in [6.07, 6.45) is 1.93. The van der Waals surface area contributed by atoms with Crippen molar-refractivity contribution >= 4 is 40.9 Å². The van der Waals surface area contributed by atoms with Crippen LogP contribution in [0.5, 0.6) is 0 Å². The topological polar surface area (TPSA) is 58.6 Å². The van der Waals surface area contributed by atoms with Crippen LogP contribution in [0.4, 0.5) is 5.69 Å². The van der Waals surface area contributed by atoms with E-state index in [0.29, 0.717) is 30.4 Å². The Bertz CT molecular complexity index is 847. The lowest BCUT2D eigenvalue weighted by Crippen LogP contribution is -2.39. The molecule has 1 aliphatic heterocycles. The molecule has 3 rings (SSSR count). The van der Waals surface area contributed by atoms with E-state index in [-0.39, 0.29) is 18.2 Å². The van der Waals surface area contributed by atoms with Crippen molar-refractivity contribution < 1.29 is 14.3 Å². The van der Waals surface area contributed by atoms with Gasteiger partial charge in [-0.25, -0.2) is 0 Å². The summed E-state index contributed by atoms with van der Waals surface area (Å²) in [5.41, 5.74) is 1.96. The van der Waals surface area contributed by atoms with E-state index < -0.39 is 5.25 Å². The van der Waals surface area contributed by atoms with Crippen LogP contribution in [-0.4, -0.2) is 48.8 Å². The summed E-state index contributed by atoms with van der Waals surface area (Å²) < 4.78 is 5.17. The van der Waals surface area contributed by atoms with E-state index in [1.165, 1.54) is 17.3 Å². The first-order valence-electron chi connectivity index (χ1n) is 9.64. The normalized spacial score (nSPS) is 15.5. The molecule has 0 bridgehead atoms. The number of amides is 2. The summed E-state index contributed by atoms with van der Waals surface area (Å²) in [5, 5.41) is 2.99. The molecule has 7 heteroatoms. The number of benzene rings is 2. The Morgan fingerprint density at radius 3 is 2.76 bits per heavy atom. The SMILES string of the molecule is COCCN(CCCc1ccccc1)C(=O)CC1Sc2ccc(Cl)cc2NC1=O. The highest BCUT2D eigenvalue weighted by Gasteiger charge is 2.30. The molecule has 2 aromatic rings. The number of methoxy groups -OCH3 is 1. The highest BCUT2D eigenvalue weighted by atomic mass is 35.5. The fraction of sp³-hybridized carbons (Fsp3) is 0.364. The molecular weight excluding hydrogens is 408 g/mol. The summed E-state index contributed by atoms with van der Waals surface area (Å²) in [7, 11) is 1.62. The van der Waals surface area contributed by atoms with Gasteiger partial charge < -0.3 is 15.0 Å². The molecule has 1 aliphatic rings. The van der Waals surface area contributed by atoms with Gasteiger partial charge in [0.05, 0.1) is 17.5 Å². The number of nitrogens with zero attached hydrogens (tertiary/aromatic N) is 1. The first-order chi connectivity index (χ1) is 14.1. The van der Waals surface area contributed by atoms with Crippen LogP contribution in [0.15, 0.2) is 53.4 Å². The van der Waals surface area contributed by atoms with Crippen molar-refractivity contribution in [2.45, 2.75) is 29.4 Å². The van der Waals surface area contributed by atoms with E-state index in [1.807, 2.05) is 24.3 Å². The van der Waals surface area contributed by atoms with Gasteiger partial charge in [-0.3, -0.25) is 9.59 Å². The van der Waals surface area contributed by atoms with Gasteiger partial charge in [-0.1, -0.05) is 41.9 Å². The van der Waals surface area contributed by atoms with Crippen molar-refractivity contribution in [3.63, 3.8) is 0 Å². The third-order valence-electron chi connectivity index (χ3n) is 4.78. The summed E-state index contributed by atoms with van der Waals surface area (Å²) in [6.45, 7) is 1.64. The first-order valence-corrected chi connectivity index (χ1v) is 10.9. The van der Waals surface area contributed by atoms with Gasteiger partial charge in [-0.05, 0) is 36.6 Å². The Labute approximate surface area is 180 Å². The lowest BCUT2D eigenvalue weighted by Gasteiger charge is -2.27. The molecule has 154 valence electrons. The molecule has 0 aliphatic carbocycles. The van der Waals surface area contributed by atoms with Crippen LogP contribution in [0.25, 0.3) is 0 Å². The Hall–Kier alpha value is -2.02. The molecule has 0 aromatic heterocycles. The average Bonchev–Trinajstić information content (AvgIpc) is 2.72. The third-order valence-corrected chi connectivity index (χ3v) is 6.29. The molecule has 1 N–H and O–H groups in total. The van der Waals surface area contributed by atoms with Crippen LogP contribution < -0.4 is 5.32 Å². The number of carbonyl (C=O) groups excluding carboxylic acids is 2. The minimum atomic E-state index is -0.449. The third kappa shape index (κ3) is 6.23. The van der Waals surface area contributed by atoms with E-state index in [1.54, 1.807) is 24.1 Å². The molecule has 0 saturated carbocycles. The van der Waals surface area contributed by atoms with E-state index in [4.69, 9.17) is 16.3 Å². The predicted octanol–water partition coefficient (Wildman–Crippen LogP) is 4.25. The van der Waals surface area contributed by atoms with Crippen molar-refractivity contribution in [1.29, 1.82) is 0 Å². The average molecular weight is 433 g/mol. The van der Waals surface area contributed by atoms with Crippen LogP contribution in [-0.2, 0) is 20.7 Å². The Morgan fingerprint density at radius 1 is 1.21 bits per heavy atom. The number of halogens is 1. The molecule has 0 saturated heterocycles. The van der Waals surface area contributed by atoms with Crippen LogP contribution in [0.1, 0.15) is 18.4 Å². The van der Waals surface area contributed by atoms with Crippen molar-refractivity contribution in [1.82, 2.24) is 4.90 Å². The zero-order valence-electron chi connectivity index (χ0n) is 16.4. The second-order valence-corrected chi connectivity index (χ2v) is 8.58. The van der Waals surface area contributed by atoms with Crippen molar-refractivity contribution in [3.05, 3.63) is 59.1 Å².